The van der Waals surface area contributed by atoms with E-state index in [9.17, 15) is 17.8 Å². The summed E-state index contributed by atoms with van der Waals surface area (Å²) in [5.41, 5.74) is 0.862. The molecule has 1 atom stereocenters. The quantitative estimate of drug-likeness (QED) is 0.390. The van der Waals surface area contributed by atoms with Crippen LogP contribution in [0.25, 0.3) is 0 Å². The number of rotatable bonds is 4. The number of carbonyl (C=O) groups is 1. The van der Waals surface area contributed by atoms with Crippen LogP contribution >= 0.6 is 23.2 Å². The molecule has 0 saturated carbocycles. The molecule has 12 heteroatoms. The molecule has 1 aliphatic heterocycles. The van der Waals surface area contributed by atoms with E-state index in [0.717, 1.165) is 12.1 Å². The van der Waals surface area contributed by atoms with Crippen LogP contribution in [0.2, 0.25) is 10.0 Å². The van der Waals surface area contributed by atoms with Gasteiger partial charge in [-0.25, -0.2) is 8.42 Å². The smallest absolute Gasteiger partial charge is 0.744 e. The van der Waals surface area contributed by atoms with Gasteiger partial charge in [-0.15, -0.1) is 0 Å². The Balaban J connectivity index is 0.00000280. The van der Waals surface area contributed by atoms with Gasteiger partial charge >= 0.3 is 29.6 Å². The van der Waals surface area contributed by atoms with Crippen LogP contribution in [0.3, 0.4) is 0 Å². The van der Waals surface area contributed by atoms with Gasteiger partial charge in [0.05, 0.1) is 21.3 Å². The summed E-state index contributed by atoms with van der Waals surface area (Å²) in [6, 6.07) is 8.81. The van der Waals surface area contributed by atoms with Gasteiger partial charge in [0.15, 0.2) is 6.04 Å². The third kappa shape index (κ3) is 4.98. The fourth-order valence-electron chi connectivity index (χ4n) is 2.30. The van der Waals surface area contributed by atoms with Crippen LogP contribution in [-0.2, 0) is 14.9 Å². The number of amides is 1. The Morgan fingerprint density at radius 3 is 2.39 bits per heavy atom. The monoisotopic (exact) mass is 448 g/mol. The van der Waals surface area contributed by atoms with Crippen LogP contribution in [0.15, 0.2) is 62.7 Å². The average molecular weight is 449 g/mol. The second-order valence-electron chi connectivity index (χ2n) is 5.55. The zero-order valence-electron chi connectivity index (χ0n) is 14.7. The molecular weight excluding hydrogens is 438 g/mol. The van der Waals surface area contributed by atoms with Crippen molar-refractivity contribution in [3.8, 4) is 0 Å². The summed E-state index contributed by atoms with van der Waals surface area (Å²) >= 11 is 11.8. The van der Waals surface area contributed by atoms with E-state index in [1.54, 1.807) is 31.2 Å². The van der Waals surface area contributed by atoms with Crippen molar-refractivity contribution in [2.45, 2.75) is 17.9 Å². The number of hydrogen-bond donors (Lipinski definition) is 0. The minimum Gasteiger partial charge on any atom is -0.744 e. The average Bonchev–Trinajstić information content (AvgIpc) is 2.88. The molecule has 0 saturated heterocycles. The van der Waals surface area contributed by atoms with Gasteiger partial charge in [0.25, 0.3) is 5.91 Å². The molecule has 1 aliphatic rings. The number of nitrogens with zero attached hydrogens (tertiary/aromatic N) is 4. The largest absolute Gasteiger partial charge is 1.00 e. The first-order chi connectivity index (χ1) is 12.7. The van der Waals surface area contributed by atoms with E-state index < -0.39 is 27.0 Å². The van der Waals surface area contributed by atoms with Gasteiger partial charge in [0.1, 0.15) is 15.8 Å². The van der Waals surface area contributed by atoms with Crippen molar-refractivity contribution in [2.24, 2.45) is 15.3 Å². The first-order valence-corrected chi connectivity index (χ1v) is 9.64. The molecule has 0 bridgehead atoms. The molecule has 28 heavy (non-hydrogen) atoms. The molecule has 0 N–H and O–H groups in total. The maximum absolute atomic E-state index is 12.6. The molecule has 140 valence electrons. The van der Waals surface area contributed by atoms with Crippen molar-refractivity contribution >= 4 is 56.3 Å². The van der Waals surface area contributed by atoms with Crippen molar-refractivity contribution in [3.05, 3.63) is 52.5 Å². The van der Waals surface area contributed by atoms with Gasteiger partial charge in [0.2, 0.25) is 0 Å². The maximum atomic E-state index is 12.6. The Labute approximate surface area is 193 Å². The fraction of sp³-hybridized carbons (Fsp3) is 0.125. The van der Waals surface area contributed by atoms with E-state index >= 15 is 0 Å². The van der Waals surface area contributed by atoms with Crippen LogP contribution < -0.4 is 34.6 Å². The van der Waals surface area contributed by atoms with Gasteiger partial charge in [-0.1, -0.05) is 23.2 Å². The number of carbonyl (C=O) groups excluding carboxylic acids is 1. The molecule has 8 nitrogen and oxygen atoms in total. The summed E-state index contributed by atoms with van der Waals surface area (Å²) < 4.78 is 33.4. The van der Waals surface area contributed by atoms with Crippen molar-refractivity contribution in [2.75, 3.05) is 5.01 Å². The Morgan fingerprint density at radius 1 is 1.14 bits per heavy atom. The molecule has 0 fully saturated rings. The zero-order valence-corrected chi connectivity index (χ0v) is 19.0. The topological polar surface area (TPSA) is 115 Å². The van der Waals surface area contributed by atoms with Crippen LogP contribution in [0, 0.1) is 0 Å². The number of halogens is 2. The summed E-state index contributed by atoms with van der Waals surface area (Å²) in [7, 11) is -4.67. The molecule has 2 aromatic rings. The van der Waals surface area contributed by atoms with Gasteiger partial charge in [-0.2, -0.15) is 20.3 Å². The number of anilines is 1. The van der Waals surface area contributed by atoms with E-state index in [-0.39, 0.29) is 40.3 Å². The third-order valence-electron chi connectivity index (χ3n) is 3.65. The summed E-state index contributed by atoms with van der Waals surface area (Å²) in [4.78, 5) is 12.1. The minimum atomic E-state index is -4.67. The number of hydrazone groups is 1. The van der Waals surface area contributed by atoms with Crippen LogP contribution in [0.1, 0.15) is 6.92 Å². The number of azo groups is 1. The van der Waals surface area contributed by atoms with Crippen molar-refractivity contribution in [1.29, 1.82) is 0 Å². The van der Waals surface area contributed by atoms with E-state index in [2.05, 4.69) is 15.3 Å². The molecule has 0 spiro atoms. The Kier molecular flexibility index (Phi) is 7.38. The maximum Gasteiger partial charge on any atom is 1.00 e. The van der Waals surface area contributed by atoms with E-state index in [0.29, 0.717) is 16.4 Å². The van der Waals surface area contributed by atoms with Crippen LogP contribution in [0.4, 0.5) is 11.4 Å². The van der Waals surface area contributed by atoms with Crippen molar-refractivity contribution < 1.29 is 47.3 Å². The fourth-order valence-corrected chi connectivity index (χ4v) is 3.07. The van der Waals surface area contributed by atoms with Crippen molar-refractivity contribution in [3.63, 3.8) is 0 Å². The Morgan fingerprint density at radius 2 is 1.79 bits per heavy atom. The summed E-state index contributed by atoms with van der Waals surface area (Å²) in [6.45, 7) is 1.61. The Bertz CT molecular complexity index is 1070. The van der Waals surface area contributed by atoms with Gasteiger partial charge in [-0.05, 0) is 49.4 Å². The van der Waals surface area contributed by atoms with Gasteiger partial charge in [0, 0.05) is 5.02 Å². The first-order valence-electron chi connectivity index (χ1n) is 7.48. The summed E-state index contributed by atoms with van der Waals surface area (Å²) in [5, 5.41) is 13.7. The zero-order chi connectivity index (χ0) is 19.8. The molecule has 2 aromatic carbocycles. The predicted octanol–water partition coefficient (Wildman–Crippen LogP) is 0.776. The normalized spacial score (nSPS) is 17.0. The molecule has 1 unspecified atom stereocenters. The second kappa shape index (κ2) is 9.00. The van der Waals surface area contributed by atoms with Crippen LogP contribution in [-0.4, -0.2) is 30.6 Å². The molecule has 3 rings (SSSR count). The molecule has 0 aromatic heterocycles. The molecule has 0 radical (unpaired) electrons. The molecule has 0 aliphatic carbocycles. The molecule has 1 heterocycles. The molecular formula is C16H11Cl2N4NaO4S. The number of benzene rings is 2. The van der Waals surface area contributed by atoms with Crippen molar-refractivity contribution in [1.82, 2.24) is 0 Å². The van der Waals surface area contributed by atoms with Gasteiger partial charge in [-0.3, -0.25) is 4.79 Å². The molecule has 1 amide bonds. The standard InChI is InChI=1S/C16H12Cl2N4O4S.Na/c1-9-15(16(23)22(21-9)11-4-2-10(17)3-5-11)20-19-14-8-12(27(24,25)26)6-7-13(14)18;/h2-8,15H,1H3,(H,24,25,26);/q;+1/p-1. The minimum absolute atomic E-state index is 0. The predicted molar refractivity (Wildman–Crippen MR) is 99.8 cm³/mol. The van der Waals surface area contributed by atoms with Crippen LogP contribution in [0.5, 0.6) is 0 Å². The third-order valence-corrected chi connectivity index (χ3v) is 5.06. The number of hydrogen-bond acceptors (Lipinski definition) is 7. The van der Waals surface area contributed by atoms with E-state index in [1.807, 2.05) is 0 Å². The first kappa shape index (κ1) is 23.0. The SMILES string of the molecule is CC1=NN(c2ccc(Cl)cc2)C(=O)C1N=Nc1cc(S(=O)(=O)[O-])ccc1Cl.[Na+]. The summed E-state index contributed by atoms with van der Waals surface area (Å²) in [6.07, 6.45) is 0. The Hall–Kier alpha value is -1.33. The van der Waals surface area contributed by atoms with E-state index in [1.165, 1.54) is 11.1 Å². The second-order valence-corrected chi connectivity index (χ2v) is 7.78. The summed E-state index contributed by atoms with van der Waals surface area (Å²) in [5.74, 6) is -0.442. The van der Waals surface area contributed by atoms with Gasteiger partial charge < -0.3 is 4.55 Å². The van der Waals surface area contributed by atoms with E-state index in [4.69, 9.17) is 23.2 Å².